The average Bonchev–Trinajstić information content (AvgIpc) is 3.42. The third kappa shape index (κ3) is 5.96. The molecule has 1 aromatic heterocycles. The van der Waals surface area contributed by atoms with Gasteiger partial charge in [-0.3, -0.25) is 9.59 Å². The van der Waals surface area contributed by atoms with E-state index in [1.807, 2.05) is 61.2 Å². The molecular weight excluding hydrogens is 560 g/mol. The number of carbonyl (C=O) groups is 1. The number of anilines is 2. The second-order valence-corrected chi connectivity index (χ2v) is 13.1. The minimum atomic E-state index is -3.93. The van der Waals surface area contributed by atoms with Crippen molar-refractivity contribution >= 4 is 38.2 Å². The van der Waals surface area contributed by atoms with Gasteiger partial charge in [-0.15, -0.1) is 0 Å². The summed E-state index contributed by atoms with van der Waals surface area (Å²) < 4.78 is 33.3. The third-order valence-corrected chi connectivity index (χ3v) is 9.53. The average molecular weight is 593 g/mol. The monoisotopic (exact) mass is 592 g/mol. The Bertz CT molecular complexity index is 1980. The van der Waals surface area contributed by atoms with E-state index in [-0.39, 0.29) is 22.5 Å². The van der Waals surface area contributed by atoms with Crippen LogP contribution in [-0.4, -0.2) is 20.0 Å². The van der Waals surface area contributed by atoms with Gasteiger partial charge < -0.3 is 14.6 Å². The van der Waals surface area contributed by atoms with Crippen molar-refractivity contribution < 1.29 is 17.6 Å². The summed E-state index contributed by atoms with van der Waals surface area (Å²) in [6.07, 6.45) is 0.0464. The number of nitrogens with zero attached hydrogens (tertiary/aromatic N) is 1. The van der Waals surface area contributed by atoms with Gasteiger partial charge in [-0.2, -0.15) is 0 Å². The molecule has 43 heavy (non-hydrogen) atoms. The van der Waals surface area contributed by atoms with Crippen LogP contribution in [0, 0.1) is 6.92 Å². The van der Waals surface area contributed by atoms with Crippen LogP contribution in [0.25, 0.3) is 11.0 Å². The number of rotatable bonds is 9. The van der Waals surface area contributed by atoms with Gasteiger partial charge in [-0.1, -0.05) is 72.8 Å². The van der Waals surface area contributed by atoms with Crippen LogP contribution in [0.15, 0.2) is 111 Å². The molecule has 0 fully saturated rings. The third-order valence-electron chi connectivity index (χ3n) is 7.80. The number of aryl methyl sites for hydroxylation is 1. The van der Waals surface area contributed by atoms with Crippen molar-refractivity contribution in [3.63, 3.8) is 0 Å². The SMILES string of the molecule is Cc1cc(C(C)Nc2ccccc2S(=O)(=O)CC(=O)Cc2ccccc2)c2oc(N3Cc4ccccc4C3)cc(=O)c2c1. The summed E-state index contributed by atoms with van der Waals surface area (Å²) in [5.41, 5.74) is 5.49. The number of Topliss-reactive ketones (excluding diaryl/α,β-unsaturated/α-hetero) is 1. The van der Waals surface area contributed by atoms with Gasteiger partial charge in [0, 0.05) is 31.1 Å². The Morgan fingerprint density at radius 3 is 2.28 bits per heavy atom. The fourth-order valence-electron chi connectivity index (χ4n) is 5.72. The molecule has 8 heteroatoms. The molecular formula is C35H32N2O5S. The van der Waals surface area contributed by atoms with Crippen molar-refractivity contribution in [2.45, 2.75) is 44.3 Å². The molecule has 1 aliphatic rings. The van der Waals surface area contributed by atoms with Gasteiger partial charge in [0.1, 0.15) is 11.3 Å². The summed E-state index contributed by atoms with van der Waals surface area (Å²) in [7, 11) is -3.93. The van der Waals surface area contributed by atoms with Gasteiger partial charge in [-0.05, 0) is 54.3 Å². The number of nitrogens with one attached hydrogen (secondary N) is 1. The zero-order valence-corrected chi connectivity index (χ0v) is 24.9. The van der Waals surface area contributed by atoms with Crippen LogP contribution < -0.4 is 15.6 Å². The van der Waals surface area contributed by atoms with Crippen molar-refractivity contribution in [3.8, 4) is 0 Å². The fraction of sp³-hybridized carbons (Fsp3) is 0.200. The maximum Gasteiger partial charge on any atom is 0.200 e. The predicted molar refractivity (Wildman–Crippen MR) is 169 cm³/mol. The summed E-state index contributed by atoms with van der Waals surface area (Å²) in [5.74, 6) is -0.485. The molecule has 1 N–H and O–H groups in total. The van der Waals surface area contributed by atoms with E-state index in [2.05, 4.69) is 17.4 Å². The molecule has 0 saturated heterocycles. The highest BCUT2D eigenvalue weighted by Gasteiger charge is 2.26. The van der Waals surface area contributed by atoms with E-state index in [9.17, 15) is 18.0 Å². The van der Waals surface area contributed by atoms with Crippen LogP contribution >= 0.6 is 0 Å². The summed E-state index contributed by atoms with van der Waals surface area (Å²) in [5, 5.41) is 3.80. The minimum absolute atomic E-state index is 0.0464. The number of para-hydroxylation sites is 1. The Kier molecular flexibility index (Phi) is 7.62. The smallest absolute Gasteiger partial charge is 0.200 e. The highest BCUT2D eigenvalue weighted by Crippen LogP contribution is 2.34. The van der Waals surface area contributed by atoms with Crippen molar-refractivity contribution in [1.82, 2.24) is 0 Å². The molecule has 7 nitrogen and oxygen atoms in total. The van der Waals surface area contributed by atoms with Crippen LogP contribution in [-0.2, 0) is 34.1 Å². The van der Waals surface area contributed by atoms with Gasteiger partial charge in [0.15, 0.2) is 21.0 Å². The van der Waals surface area contributed by atoms with Crippen LogP contribution in [0.3, 0.4) is 0 Å². The molecule has 0 saturated carbocycles. The Balaban J connectivity index is 1.30. The molecule has 1 unspecified atom stereocenters. The van der Waals surface area contributed by atoms with Gasteiger partial charge >= 0.3 is 0 Å². The molecule has 0 radical (unpaired) electrons. The first kappa shape index (κ1) is 28.4. The second-order valence-electron chi connectivity index (χ2n) is 11.1. The lowest BCUT2D eigenvalue weighted by molar-refractivity contribution is -0.116. The largest absolute Gasteiger partial charge is 0.440 e. The topological polar surface area (TPSA) is 96.7 Å². The van der Waals surface area contributed by atoms with E-state index >= 15 is 0 Å². The molecule has 0 amide bonds. The second kappa shape index (κ2) is 11.5. The van der Waals surface area contributed by atoms with Crippen molar-refractivity contribution in [2.75, 3.05) is 16.0 Å². The summed E-state index contributed by atoms with van der Waals surface area (Å²) in [6.45, 7) is 5.11. The zero-order valence-electron chi connectivity index (χ0n) is 24.0. The van der Waals surface area contributed by atoms with Gasteiger partial charge in [0.25, 0.3) is 0 Å². The van der Waals surface area contributed by atoms with E-state index in [0.29, 0.717) is 35.6 Å². The van der Waals surface area contributed by atoms with E-state index in [0.717, 1.165) is 16.7 Å². The van der Waals surface area contributed by atoms with Crippen LogP contribution in [0.2, 0.25) is 0 Å². The Labute approximate surface area is 250 Å². The zero-order chi connectivity index (χ0) is 30.1. The number of carbonyl (C=O) groups excluding carboxylic acids is 1. The lowest BCUT2D eigenvalue weighted by Gasteiger charge is -2.21. The lowest BCUT2D eigenvalue weighted by atomic mass is 10.0. The number of fused-ring (bicyclic) bond motifs is 2. The normalized spacial score (nSPS) is 13.6. The van der Waals surface area contributed by atoms with E-state index in [4.69, 9.17) is 4.42 Å². The quantitative estimate of drug-likeness (QED) is 0.212. The fourth-order valence-corrected chi connectivity index (χ4v) is 7.15. The summed E-state index contributed by atoms with van der Waals surface area (Å²) in [4.78, 5) is 28.2. The maximum absolute atomic E-state index is 13.4. The number of hydrogen-bond donors (Lipinski definition) is 1. The van der Waals surface area contributed by atoms with Gasteiger partial charge in [0.2, 0.25) is 5.88 Å². The number of ketones is 1. The molecule has 1 aliphatic heterocycles. The van der Waals surface area contributed by atoms with Gasteiger partial charge in [-0.25, -0.2) is 8.42 Å². The van der Waals surface area contributed by atoms with Crippen molar-refractivity contribution in [3.05, 3.63) is 135 Å². The van der Waals surface area contributed by atoms with Crippen molar-refractivity contribution in [2.24, 2.45) is 0 Å². The van der Waals surface area contributed by atoms with Crippen LogP contribution in [0.4, 0.5) is 11.6 Å². The first-order chi connectivity index (χ1) is 20.7. The summed E-state index contributed by atoms with van der Waals surface area (Å²) in [6, 6.07) is 28.8. The number of sulfone groups is 1. The molecule has 0 bridgehead atoms. The molecule has 5 aromatic rings. The van der Waals surface area contributed by atoms with E-state index in [1.165, 1.54) is 17.2 Å². The minimum Gasteiger partial charge on any atom is -0.440 e. The molecule has 0 spiro atoms. The molecule has 2 heterocycles. The van der Waals surface area contributed by atoms with Gasteiger partial charge in [0.05, 0.1) is 22.0 Å². The highest BCUT2D eigenvalue weighted by atomic mass is 32.2. The molecule has 1 atom stereocenters. The molecule has 218 valence electrons. The Morgan fingerprint density at radius 2 is 1.56 bits per heavy atom. The first-order valence-corrected chi connectivity index (χ1v) is 15.9. The lowest BCUT2D eigenvalue weighted by Crippen LogP contribution is -2.20. The van der Waals surface area contributed by atoms with Crippen LogP contribution in [0.5, 0.6) is 0 Å². The van der Waals surface area contributed by atoms with Crippen molar-refractivity contribution in [1.29, 1.82) is 0 Å². The standard InChI is InChI=1S/C35H32N2O5S/c1-23-16-29(35-30(17-23)32(39)19-34(42-35)37-20-26-12-6-7-13-27(26)21-37)24(2)36-31-14-8-9-15-33(31)43(40,41)22-28(38)18-25-10-4-3-5-11-25/h3-17,19,24,36H,18,20-22H2,1-2H3. The molecule has 4 aromatic carbocycles. The predicted octanol–water partition coefficient (Wildman–Crippen LogP) is 6.38. The van der Waals surface area contributed by atoms with E-state index in [1.54, 1.807) is 36.4 Å². The number of benzene rings is 4. The molecule has 6 rings (SSSR count). The Morgan fingerprint density at radius 1 is 0.907 bits per heavy atom. The van der Waals surface area contributed by atoms with Crippen LogP contribution in [0.1, 0.15) is 40.8 Å². The first-order valence-electron chi connectivity index (χ1n) is 14.2. The summed E-state index contributed by atoms with van der Waals surface area (Å²) >= 11 is 0. The Hall–Kier alpha value is -4.69. The highest BCUT2D eigenvalue weighted by molar-refractivity contribution is 7.92. The van der Waals surface area contributed by atoms with E-state index < -0.39 is 21.6 Å². The number of hydrogen-bond acceptors (Lipinski definition) is 7. The maximum atomic E-state index is 13.4. The molecule has 0 aliphatic carbocycles.